The van der Waals surface area contributed by atoms with Gasteiger partial charge in [-0.1, -0.05) is 42.5 Å². The van der Waals surface area contributed by atoms with E-state index in [0.29, 0.717) is 18.8 Å². The van der Waals surface area contributed by atoms with Crippen LogP contribution in [-0.2, 0) is 0 Å². The first kappa shape index (κ1) is 20.8. The Morgan fingerprint density at radius 2 is 1.75 bits per heavy atom. The average molecular weight is 473 g/mol. The molecular formula is C29H24N6O. The lowest BCUT2D eigenvalue weighted by molar-refractivity contribution is 0.0707. The quantitative estimate of drug-likeness (QED) is 0.372. The van der Waals surface area contributed by atoms with Gasteiger partial charge in [-0.05, 0) is 36.4 Å². The van der Waals surface area contributed by atoms with Crippen molar-refractivity contribution in [2.24, 2.45) is 0 Å². The van der Waals surface area contributed by atoms with Gasteiger partial charge in [-0.15, -0.1) is 0 Å². The lowest BCUT2D eigenvalue weighted by atomic mass is 9.95. The summed E-state index contributed by atoms with van der Waals surface area (Å²) in [7, 11) is 0. The summed E-state index contributed by atoms with van der Waals surface area (Å²) in [6.07, 6.45) is 9.09. The molecule has 1 amide bonds. The summed E-state index contributed by atoms with van der Waals surface area (Å²) in [6.45, 7) is 1.35. The van der Waals surface area contributed by atoms with Gasteiger partial charge in [-0.3, -0.25) is 19.2 Å². The second-order valence-electron chi connectivity index (χ2n) is 9.37. The van der Waals surface area contributed by atoms with Crippen molar-refractivity contribution >= 4 is 33.1 Å². The molecule has 1 aliphatic rings. The van der Waals surface area contributed by atoms with Crippen molar-refractivity contribution in [1.82, 2.24) is 29.2 Å². The number of fused-ring (bicyclic) bond motifs is 3. The average Bonchev–Trinajstić information content (AvgIpc) is 3.54. The number of para-hydroxylation sites is 1. The van der Waals surface area contributed by atoms with Gasteiger partial charge in [-0.2, -0.15) is 0 Å². The van der Waals surface area contributed by atoms with Gasteiger partial charge in [0, 0.05) is 53.9 Å². The Balaban J connectivity index is 1.18. The molecule has 1 fully saturated rings. The minimum atomic E-state index is 0.00110. The molecule has 1 aliphatic heterocycles. The molecule has 5 heterocycles. The highest BCUT2D eigenvalue weighted by atomic mass is 16.2. The zero-order valence-corrected chi connectivity index (χ0v) is 19.6. The maximum atomic E-state index is 13.4. The minimum Gasteiger partial charge on any atom is -0.353 e. The van der Waals surface area contributed by atoms with Crippen LogP contribution in [0.15, 0.2) is 85.5 Å². The van der Waals surface area contributed by atoms with Crippen LogP contribution in [0.2, 0.25) is 0 Å². The molecule has 6 aromatic rings. The van der Waals surface area contributed by atoms with Crippen LogP contribution in [0.3, 0.4) is 0 Å². The number of rotatable bonds is 3. The molecule has 4 aromatic heterocycles. The van der Waals surface area contributed by atoms with Gasteiger partial charge in [0.2, 0.25) is 0 Å². The molecule has 0 bridgehead atoms. The third kappa shape index (κ3) is 3.35. The summed E-state index contributed by atoms with van der Waals surface area (Å²) < 4.78 is 2.16. The number of imidazole rings is 1. The molecule has 36 heavy (non-hydrogen) atoms. The predicted molar refractivity (Wildman–Crippen MR) is 140 cm³/mol. The van der Waals surface area contributed by atoms with Crippen molar-refractivity contribution in [1.29, 1.82) is 0 Å². The Bertz CT molecular complexity index is 1700. The van der Waals surface area contributed by atoms with Gasteiger partial charge in [0.05, 0.1) is 17.4 Å². The summed E-state index contributed by atoms with van der Waals surface area (Å²) in [6, 6.07) is 20.3. The number of pyridine rings is 1. The van der Waals surface area contributed by atoms with Crippen LogP contribution in [0.25, 0.3) is 38.6 Å². The Morgan fingerprint density at radius 1 is 0.944 bits per heavy atom. The monoisotopic (exact) mass is 472 g/mol. The van der Waals surface area contributed by atoms with Gasteiger partial charge in [0.1, 0.15) is 17.2 Å². The molecule has 7 nitrogen and oxygen atoms in total. The van der Waals surface area contributed by atoms with Crippen LogP contribution in [0.5, 0.6) is 0 Å². The number of benzene rings is 2. The van der Waals surface area contributed by atoms with Crippen LogP contribution >= 0.6 is 0 Å². The van der Waals surface area contributed by atoms with E-state index in [1.807, 2.05) is 59.8 Å². The smallest absolute Gasteiger partial charge is 0.273 e. The second-order valence-corrected chi connectivity index (χ2v) is 9.37. The molecule has 0 spiro atoms. The molecule has 176 valence electrons. The molecule has 0 atom stereocenters. The van der Waals surface area contributed by atoms with E-state index in [-0.39, 0.29) is 11.8 Å². The summed E-state index contributed by atoms with van der Waals surface area (Å²) in [4.78, 5) is 32.7. The van der Waals surface area contributed by atoms with E-state index >= 15 is 0 Å². The summed E-state index contributed by atoms with van der Waals surface area (Å²) in [5.41, 5.74) is 4.51. The minimum absolute atomic E-state index is 0.00110. The van der Waals surface area contributed by atoms with E-state index in [4.69, 9.17) is 4.98 Å². The standard InChI is InChI=1S/C29H24N6O/c36-29(26-22-7-3-1-5-19(22)9-12-31-26)34-14-10-20(11-15-34)28-33-27(25-18-30-13-16-35(25)28)24-17-21-6-2-4-8-23(21)32-24/h1-9,12-13,16-18,20,32H,10-11,14-15H2. The van der Waals surface area contributed by atoms with Gasteiger partial charge in [0.25, 0.3) is 5.91 Å². The van der Waals surface area contributed by atoms with Crippen LogP contribution in [0.1, 0.15) is 35.1 Å². The molecule has 0 aliphatic carbocycles. The van der Waals surface area contributed by atoms with Crippen LogP contribution in [0.4, 0.5) is 0 Å². The Kier molecular flexibility index (Phi) is 4.80. The van der Waals surface area contributed by atoms with Crippen LogP contribution < -0.4 is 0 Å². The van der Waals surface area contributed by atoms with Gasteiger partial charge < -0.3 is 9.88 Å². The van der Waals surface area contributed by atoms with Crippen molar-refractivity contribution in [2.75, 3.05) is 13.1 Å². The van der Waals surface area contributed by atoms with Crippen LogP contribution in [-0.4, -0.2) is 48.2 Å². The zero-order chi connectivity index (χ0) is 24.1. The number of amides is 1. The molecule has 0 radical (unpaired) electrons. The topological polar surface area (TPSA) is 79.2 Å². The van der Waals surface area contributed by atoms with E-state index in [0.717, 1.165) is 57.2 Å². The van der Waals surface area contributed by atoms with Crippen molar-refractivity contribution in [3.63, 3.8) is 0 Å². The van der Waals surface area contributed by atoms with E-state index in [1.165, 1.54) is 0 Å². The number of hydrogen-bond donors (Lipinski definition) is 1. The highest BCUT2D eigenvalue weighted by Gasteiger charge is 2.29. The molecule has 2 aromatic carbocycles. The number of nitrogens with zero attached hydrogens (tertiary/aromatic N) is 5. The fourth-order valence-electron chi connectivity index (χ4n) is 5.43. The molecule has 7 heteroatoms. The molecular weight excluding hydrogens is 448 g/mol. The normalized spacial score (nSPS) is 14.7. The lowest BCUT2D eigenvalue weighted by Crippen LogP contribution is -2.38. The van der Waals surface area contributed by atoms with Crippen LogP contribution in [0, 0.1) is 0 Å². The van der Waals surface area contributed by atoms with E-state index in [1.54, 1.807) is 12.4 Å². The Labute approximate surface area is 207 Å². The molecule has 0 unspecified atom stereocenters. The van der Waals surface area contributed by atoms with Gasteiger partial charge >= 0.3 is 0 Å². The highest BCUT2D eigenvalue weighted by Crippen LogP contribution is 2.34. The Morgan fingerprint density at radius 3 is 2.61 bits per heavy atom. The lowest BCUT2D eigenvalue weighted by Gasteiger charge is -2.31. The van der Waals surface area contributed by atoms with Gasteiger partial charge in [-0.25, -0.2) is 4.98 Å². The number of carbonyl (C=O) groups excluding carboxylic acids is 1. The van der Waals surface area contributed by atoms with Crippen molar-refractivity contribution in [3.8, 4) is 11.4 Å². The molecule has 1 N–H and O–H groups in total. The molecule has 1 saturated heterocycles. The number of piperidine rings is 1. The van der Waals surface area contributed by atoms with Gasteiger partial charge in [0.15, 0.2) is 0 Å². The van der Waals surface area contributed by atoms with E-state index < -0.39 is 0 Å². The van der Waals surface area contributed by atoms with E-state index in [2.05, 4.69) is 37.6 Å². The number of likely N-dealkylation sites (tertiary alicyclic amines) is 1. The zero-order valence-electron chi connectivity index (χ0n) is 19.6. The molecule has 0 saturated carbocycles. The first-order chi connectivity index (χ1) is 17.8. The maximum absolute atomic E-state index is 13.4. The number of aromatic nitrogens is 5. The number of H-pyrrole nitrogens is 1. The summed E-state index contributed by atoms with van der Waals surface area (Å²) in [5, 5.41) is 3.10. The number of carbonyl (C=O) groups is 1. The second kappa shape index (κ2) is 8.30. The fourth-order valence-corrected chi connectivity index (χ4v) is 5.43. The first-order valence-corrected chi connectivity index (χ1v) is 12.3. The highest BCUT2D eigenvalue weighted by molar-refractivity contribution is 6.05. The molecule has 7 rings (SSSR count). The SMILES string of the molecule is O=C(c1nccc2ccccc12)N1CCC(c2nc(-c3cc4ccccc4[nH]3)c3cnccn23)CC1. The first-order valence-electron chi connectivity index (χ1n) is 12.3. The fraction of sp³-hybridized carbons (Fsp3) is 0.172. The van der Waals surface area contributed by atoms with Crippen molar-refractivity contribution in [2.45, 2.75) is 18.8 Å². The maximum Gasteiger partial charge on any atom is 0.273 e. The number of aromatic amines is 1. The van der Waals surface area contributed by atoms with E-state index in [9.17, 15) is 4.79 Å². The van der Waals surface area contributed by atoms with Crippen molar-refractivity contribution in [3.05, 3.63) is 97.0 Å². The number of nitrogens with one attached hydrogen (secondary N) is 1. The Hall–Kier alpha value is -4.52. The third-order valence-electron chi connectivity index (χ3n) is 7.28. The largest absolute Gasteiger partial charge is 0.353 e. The third-order valence-corrected chi connectivity index (χ3v) is 7.28. The number of hydrogen-bond acceptors (Lipinski definition) is 4. The predicted octanol–water partition coefficient (Wildman–Crippen LogP) is 5.45. The summed E-state index contributed by atoms with van der Waals surface area (Å²) >= 11 is 0. The summed E-state index contributed by atoms with van der Waals surface area (Å²) in [5.74, 6) is 1.28. The van der Waals surface area contributed by atoms with Crippen molar-refractivity contribution < 1.29 is 4.79 Å².